The zero-order chi connectivity index (χ0) is 14.3. The van der Waals surface area contributed by atoms with E-state index in [1.54, 1.807) is 0 Å². The van der Waals surface area contributed by atoms with Crippen molar-refractivity contribution in [1.82, 2.24) is 9.97 Å². The van der Waals surface area contributed by atoms with Crippen molar-refractivity contribution >= 4 is 11.0 Å². The molecule has 3 rings (SSSR count). The molecule has 1 aromatic heterocycles. The van der Waals surface area contributed by atoms with Gasteiger partial charge in [0.25, 0.3) is 0 Å². The van der Waals surface area contributed by atoms with Gasteiger partial charge in [-0.25, -0.2) is 4.98 Å². The number of imidazole rings is 1. The minimum atomic E-state index is -4.32. The van der Waals surface area contributed by atoms with Gasteiger partial charge in [-0.1, -0.05) is 18.2 Å². The molecule has 0 saturated carbocycles. The Balaban J connectivity index is 2.02. The first kappa shape index (κ1) is 12.7. The van der Waals surface area contributed by atoms with E-state index in [2.05, 4.69) is 9.97 Å². The summed E-state index contributed by atoms with van der Waals surface area (Å²) in [6.07, 6.45) is -4.32. The predicted molar refractivity (Wildman–Crippen MR) is 71.3 cm³/mol. The smallest absolute Gasteiger partial charge is 0.338 e. The molecule has 0 radical (unpaired) electrons. The number of halogens is 3. The SMILES string of the molecule is Cc1ccc2nc(-c3ccc(C(F)(F)F)cc3)[nH]c2c1. The zero-order valence-electron chi connectivity index (χ0n) is 10.6. The van der Waals surface area contributed by atoms with Gasteiger partial charge in [0.2, 0.25) is 0 Å². The van der Waals surface area contributed by atoms with Gasteiger partial charge in [0, 0.05) is 5.56 Å². The second kappa shape index (κ2) is 4.37. The van der Waals surface area contributed by atoms with E-state index in [0.717, 1.165) is 28.7 Å². The Hall–Kier alpha value is -2.30. The van der Waals surface area contributed by atoms with Crippen LogP contribution in [0.1, 0.15) is 11.1 Å². The number of fused-ring (bicyclic) bond motifs is 1. The Morgan fingerprint density at radius 3 is 2.35 bits per heavy atom. The number of aromatic amines is 1. The van der Waals surface area contributed by atoms with Crippen molar-refractivity contribution in [3.8, 4) is 11.4 Å². The molecule has 0 aliphatic heterocycles. The highest BCUT2D eigenvalue weighted by Crippen LogP contribution is 2.30. The molecule has 0 unspecified atom stereocenters. The number of nitrogens with zero attached hydrogens (tertiary/aromatic N) is 1. The zero-order valence-corrected chi connectivity index (χ0v) is 10.6. The standard InChI is InChI=1S/C15H11F3N2/c1-9-2-7-12-13(8-9)20-14(19-12)10-3-5-11(6-4-10)15(16,17)18/h2-8H,1H3,(H,19,20). The maximum atomic E-state index is 12.5. The van der Waals surface area contributed by atoms with E-state index in [9.17, 15) is 13.2 Å². The minimum Gasteiger partial charge on any atom is -0.338 e. The van der Waals surface area contributed by atoms with Gasteiger partial charge >= 0.3 is 6.18 Å². The fourth-order valence-electron chi connectivity index (χ4n) is 2.08. The molecule has 0 aliphatic rings. The molecule has 2 nitrogen and oxygen atoms in total. The molecule has 0 atom stereocenters. The Morgan fingerprint density at radius 2 is 1.70 bits per heavy atom. The third-order valence-electron chi connectivity index (χ3n) is 3.12. The van der Waals surface area contributed by atoms with Crippen LogP contribution in [0.5, 0.6) is 0 Å². The summed E-state index contributed by atoms with van der Waals surface area (Å²) < 4.78 is 37.5. The Morgan fingerprint density at radius 1 is 1.00 bits per heavy atom. The molecular formula is C15H11F3N2. The monoisotopic (exact) mass is 276 g/mol. The van der Waals surface area contributed by atoms with Gasteiger partial charge in [-0.3, -0.25) is 0 Å². The van der Waals surface area contributed by atoms with Gasteiger partial charge in [-0.15, -0.1) is 0 Å². The van der Waals surface area contributed by atoms with Crippen molar-refractivity contribution in [2.45, 2.75) is 13.1 Å². The maximum Gasteiger partial charge on any atom is 0.416 e. The van der Waals surface area contributed by atoms with Crippen molar-refractivity contribution < 1.29 is 13.2 Å². The Labute approximate surface area is 113 Å². The summed E-state index contributed by atoms with van der Waals surface area (Å²) in [5.74, 6) is 0.569. The van der Waals surface area contributed by atoms with Crippen molar-refractivity contribution in [3.63, 3.8) is 0 Å². The van der Waals surface area contributed by atoms with Gasteiger partial charge in [0.1, 0.15) is 5.82 Å². The largest absolute Gasteiger partial charge is 0.416 e. The lowest BCUT2D eigenvalue weighted by molar-refractivity contribution is -0.137. The number of nitrogens with one attached hydrogen (secondary N) is 1. The van der Waals surface area contributed by atoms with Crippen LogP contribution in [0.15, 0.2) is 42.5 Å². The molecule has 5 heteroatoms. The average molecular weight is 276 g/mol. The van der Waals surface area contributed by atoms with Gasteiger partial charge in [-0.2, -0.15) is 13.2 Å². The van der Waals surface area contributed by atoms with Crippen molar-refractivity contribution in [1.29, 1.82) is 0 Å². The molecule has 0 bridgehead atoms. The first-order valence-electron chi connectivity index (χ1n) is 6.07. The topological polar surface area (TPSA) is 28.7 Å². The quantitative estimate of drug-likeness (QED) is 0.693. The van der Waals surface area contributed by atoms with E-state index in [1.807, 2.05) is 25.1 Å². The number of rotatable bonds is 1. The van der Waals surface area contributed by atoms with Gasteiger partial charge in [0.15, 0.2) is 0 Å². The van der Waals surface area contributed by atoms with Gasteiger partial charge in [-0.05, 0) is 36.8 Å². The Bertz CT molecular complexity index is 755. The summed E-state index contributed by atoms with van der Waals surface area (Å²) in [4.78, 5) is 7.50. The number of aryl methyl sites for hydroxylation is 1. The number of hydrogen-bond donors (Lipinski definition) is 1. The number of aromatic nitrogens is 2. The lowest BCUT2D eigenvalue weighted by atomic mass is 10.1. The lowest BCUT2D eigenvalue weighted by Gasteiger charge is -2.06. The lowest BCUT2D eigenvalue weighted by Crippen LogP contribution is -2.04. The minimum absolute atomic E-state index is 0.569. The van der Waals surface area contributed by atoms with E-state index in [-0.39, 0.29) is 0 Å². The third kappa shape index (κ3) is 2.27. The fraction of sp³-hybridized carbons (Fsp3) is 0.133. The van der Waals surface area contributed by atoms with Crippen LogP contribution in [0.2, 0.25) is 0 Å². The Kier molecular flexibility index (Phi) is 2.78. The average Bonchev–Trinajstić information content (AvgIpc) is 2.80. The second-order valence-electron chi connectivity index (χ2n) is 4.68. The number of hydrogen-bond acceptors (Lipinski definition) is 1. The van der Waals surface area contributed by atoms with Crippen LogP contribution in [0.25, 0.3) is 22.4 Å². The maximum absolute atomic E-state index is 12.5. The first-order valence-corrected chi connectivity index (χ1v) is 6.07. The normalized spacial score (nSPS) is 12.0. The molecule has 0 amide bonds. The molecule has 1 heterocycles. The molecule has 102 valence electrons. The van der Waals surface area contributed by atoms with E-state index < -0.39 is 11.7 Å². The van der Waals surface area contributed by atoms with Crippen LogP contribution in [-0.2, 0) is 6.18 Å². The number of alkyl halides is 3. The van der Waals surface area contributed by atoms with Crippen LogP contribution in [0, 0.1) is 6.92 Å². The van der Waals surface area contributed by atoms with Crippen LogP contribution < -0.4 is 0 Å². The first-order chi connectivity index (χ1) is 9.43. The fourth-order valence-corrected chi connectivity index (χ4v) is 2.08. The number of benzene rings is 2. The highest BCUT2D eigenvalue weighted by molar-refractivity contribution is 5.80. The van der Waals surface area contributed by atoms with Crippen molar-refractivity contribution in [3.05, 3.63) is 53.6 Å². The summed E-state index contributed by atoms with van der Waals surface area (Å²) in [5.41, 5.74) is 2.74. The predicted octanol–water partition coefficient (Wildman–Crippen LogP) is 4.56. The highest BCUT2D eigenvalue weighted by atomic mass is 19.4. The summed E-state index contributed by atoms with van der Waals surface area (Å²) in [6.45, 7) is 1.97. The van der Waals surface area contributed by atoms with Crippen LogP contribution >= 0.6 is 0 Å². The van der Waals surface area contributed by atoms with Crippen LogP contribution in [-0.4, -0.2) is 9.97 Å². The molecule has 0 fully saturated rings. The van der Waals surface area contributed by atoms with E-state index >= 15 is 0 Å². The molecule has 0 aliphatic carbocycles. The van der Waals surface area contributed by atoms with E-state index in [4.69, 9.17) is 0 Å². The molecular weight excluding hydrogens is 265 g/mol. The molecule has 20 heavy (non-hydrogen) atoms. The van der Waals surface area contributed by atoms with Crippen molar-refractivity contribution in [2.24, 2.45) is 0 Å². The molecule has 3 aromatic rings. The molecule has 0 spiro atoms. The van der Waals surface area contributed by atoms with Crippen LogP contribution in [0.3, 0.4) is 0 Å². The van der Waals surface area contributed by atoms with E-state index in [1.165, 1.54) is 12.1 Å². The van der Waals surface area contributed by atoms with E-state index in [0.29, 0.717) is 11.4 Å². The van der Waals surface area contributed by atoms with Gasteiger partial charge < -0.3 is 4.98 Å². The van der Waals surface area contributed by atoms with Gasteiger partial charge in [0.05, 0.1) is 16.6 Å². The summed E-state index contributed by atoms with van der Waals surface area (Å²) in [6, 6.07) is 10.8. The van der Waals surface area contributed by atoms with Crippen molar-refractivity contribution in [2.75, 3.05) is 0 Å². The second-order valence-corrected chi connectivity index (χ2v) is 4.68. The highest BCUT2D eigenvalue weighted by Gasteiger charge is 2.30. The summed E-state index contributed by atoms with van der Waals surface area (Å²) >= 11 is 0. The number of H-pyrrole nitrogens is 1. The summed E-state index contributed by atoms with van der Waals surface area (Å²) in [5, 5.41) is 0. The molecule has 1 N–H and O–H groups in total. The third-order valence-corrected chi connectivity index (χ3v) is 3.12. The molecule has 0 saturated heterocycles. The molecule has 2 aromatic carbocycles. The summed E-state index contributed by atoms with van der Waals surface area (Å²) in [7, 11) is 0. The van der Waals surface area contributed by atoms with Crippen LogP contribution in [0.4, 0.5) is 13.2 Å².